The molecule has 0 aliphatic carbocycles. The van der Waals surface area contributed by atoms with Gasteiger partial charge < -0.3 is 10.2 Å². The molecule has 0 radical (unpaired) electrons. The molecule has 0 unspecified atom stereocenters. The standard InChI is InChI=1S/C25H34N2O2S/c1-4-17-26-25(29)23(5-2)27(18-15-21-9-7-6-8-10-21)24(28)16-19-30-22-13-11-20(3)12-14-22/h6-14,23H,4-5,15-19H2,1-3H3,(H,26,29)/t23-/m1/s1. The molecule has 1 N–H and O–H groups in total. The molecule has 0 heterocycles. The molecule has 0 bridgehead atoms. The van der Waals surface area contributed by atoms with Crippen molar-refractivity contribution in [2.45, 2.75) is 57.4 Å². The van der Waals surface area contributed by atoms with Crippen molar-refractivity contribution in [2.75, 3.05) is 18.8 Å². The van der Waals surface area contributed by atoms with Crippen LogP contribution in [0.15, 0.2) is 59.5 Å². The van der Waals surface area contributed by atoms with Crippen molar-refractivity contribution in [2.24, 2.45) is 0 Å². The topological polar surface area (TPSA) is 49.4 Å². The molecule has 2 aromatic rings. The minimum atomic E-state index is -0.419. The Hall–Kier alpha value is -2.27. The van der Waals surface area contributed by atoms with Crippen molar-refractivity contribution >= 4 is 23.6 Å². The van der Waals surface area contributed by atoms with Gasteiger partial charge in [-0.15, -0.1) is 11.8 Å². The lowest BCUT2D eigenvalue weighted by Gasteiger charge is -2.30. The molecule has 0 aliphatic heterocycles. The third-order valence-corrected chi connectivity index (χ3v) is 6.04. The summed E-state index contributed by atoms with van der Waals surface area (Å²) in [6.07, 6.45) is 2.66. The number of amides is 2. The van der Waals surface area contributed by atoms with Crippen molar-refractivity contribution in [3.63, 3.8) is 0 Å². The summed E-state index contributed by atoms with van der Waals surface area (Å²) in [5.74, 6) is 0.701. The molecule has 162 valence electrons. The van der Waals surface area contributed by atoms with Crippen LogP contribution in [-0.2, 0) is 16.0 Å². The molecular weight excluding hydrogens is 392 g/mol. The lowest BCUT2D eigenvalue weighted by molar-refractivity contribution is -0.140. The first-order valence-electron chi connectivity index (χ1n) is 10.9. The van der Waals surface area contributed by atoms with Gasteiger partial charge in [0.1, 0.15) is 6.04 Å². The summed E-state index contributed by atoms with van der Waals surface area (Å²) in [7, 11) is 0. The first-order valence-corrected chi connectivity index (χ1v) is 11.8. The number of aryl methyl sites for hydroxylation is 1. The van der Waals surface area contributed by atoms with E-state index in [-0.39, 0.29) is 11.8 Å². The Kier molecular flexibility index (Phi) is 10.5. The first-order chi connectivity index (χ1) is 14.5. The van der Waals surface area contributed by atoms with E-state index in [4.69, 9.17) is 0 Å². The fourth-order valence-electron chi connectivity index (χ4n) is 3.30. The van der Waals surface area contributed by atoms with Crippen LogP contribution in [0, 0.1) is 6.92 Å². The Morgan fingerprint density at radius 3 is 2.37 bits per heavy atom. The molecular formula is C25H34N2O2S. The van der Waals surface area contributed by atoms with Crippen LogP contribution in [0.3, 0.4) is 0 Å². The Bertz CT molecular complexity index is 777. The van der Waals surface area contributed by atoms with Gasteiger partial charge in [0.2, 0.25) is 11.8 Å². The maximum Gasteiger partial charge on any atom is 0.242 e. The molecule has 1 atom stereocenters. The van der Waals surface area contributed by atoms with Crippen LogP contribution < -0.4 is 5.32 Å². The quantitative estimate of drug-likeness (QED) is 0.494. The van der Waals surface area contributed by atoms with Gasteiger partial charge in [-0.3, -0.25) is 9.59 Å². The summed E-state index contributed by atoms with van der Waals surface area (Å²) in [6.45, 7) is 7.26. The second-order valence-electron chi connectivity index (χ2n) is 7.45. The van der Waals surface area contributed by atoms with Gasteiger partial charge in [0.05, 0.1) is 0 Å². The summed E-state index contributed by atoms with van der Waals surface area (Å²) in [4.78, 5) is 28.8. The predicted octanol–water partition coefficient (Wildman–Crippen LogP) is 4.85. The molecule has 0 saturated heterocycles. The van der Waals surface area contributed by atoms with E-state index in [1.807, 2.05) is 32.0 Å². The number of rotatable bonds is 12. The van der Waals surface area contributed by atoms with Gasteiger partial charge in [0, 0.05) is 30.2 Å². The fraction of sp³-hybridized carbons (Fsp3) is 0.440. The summed E-state index contributed by atoms with van der Waals surface area (Å²) < 4.78 is 0. The molecule has 2 amide bonds. The van der Waals surface area contributed by atoms with Gasteiger partial charge in [-0.05, 0) is 43.9 Å². The van der Waals surface area contributed by atoms with Crippen LogP contribution in [0.4, 0.5) is 0 Å². The van der Waals surface area contributed by atoms with Gasteiger partial charge in [-0.25, -0.2) is 0 Å². The Morgan fingerprint density at radius 1 is 1.03 bits per heavy atom. The van der Waals surface area contributed by atoms with Crippen LogP contribution in [0.1, 0.15) is 44.2 Å². The predicted molar refractivity (Wildman–Crippen MR) is 126 cm³/mol. The number of benzene rings is 2. The third-order valence-electron chi connectivity index (χ3n) is 5.02. The second kappa shape index (κ2) is 13.1. The largest absolute Gasteiger partial charge is 0.354 e. The molecule has 30 heavy (non-hydrogen) atoms. The highest BCUT2D eigenvalue weighted by Crippen LogP contribution is 2.20. The highest BCUT2D eigenvalue weighted by molar-refractivity contribution is 7.99. The van der Waals surface area contributed by atoms with Crippen molar-refractivity contribution in [1.82, 2.24) is 10.2 Å². The Balaban J connectivity index is 2.02. The van der Waals surface area contributed by atoms with E-state index >= 15 is 0 Å². The van der Waals surface area contributed by atoms with Gasteiger partial charge in [0.25, 0.3) is 0 Å². The molecule has 0 aromatic heterocycles. The number of nitrogens with one attached hydrogen (secondary N) is 1. The van der Waals surface area contributed by atoms with Gasteiger partial charge in [-0.1, -0.05) is 61.9 Å². The van der Waals surface area contributed by atoms with Crippen LogP contribution in [0.2, 0.25) is 0 Å². The number of nitrogens with zero attached hydrogens (tertiary/aromatic N) is 1. The lowest BCUT2D eigenvalue weighted by atomic mass is 10.1. The van der Waals surface area contributed by atoms with E-state index < -0.39 is 6.04 Å². The summed E-state index contributed by atoms with van der Waals surface area (Å²) in [5, 5.41) is 2.97. The molecule has 0 saturated carbocycles. The lowest BCUT2D eigenvalue weighted by Crippen LogP contribution is -2.50. The van der Waals surface area contributed by atoms with Crippen LogP contribution in [0.5, 0.6) is 0 Å². The van der Waals surface area contributed by atoms with E-state index in [0.29, 0.717) is 31.7 Å². The molecule has 4 nitrogen and oxygen atoms in total. The molecule has 5 heteroatoms. The van der Waals surface area contributed by atoms with Crippen LogP contribution in [0.25, 0.3) is 0 Å². The van der Waals surface area contributed by atoms with E-state index in [0.717, 1.165) is 17.7 Å². The molecule has 2 aromatic carbocycles. The minimum absolute atomic E-state index is 0.0454. The van der Waals surface area contributed by atoms with E-state index in [1.165, 1.54) is 11.1 Å². The number of hydrogen-bond acceptors (Lipinski definition) is 3. The highest BCUT2D eigenvalue weighted by Gasteiger charge is 2.27. The SMILES string of the molecule is CCCNC(=O)[C@@H](CC)N(CCc1ccccc1)C(=O)CCSc1ccc(C)cc1. The minimum Gasteiger partial charge on any atom is -0.354 e. The van der Waals surface area contributed by atoms with Crippen molar-refractivity contribution in [3.05, 3.63) is 65.7 Å². The van der Waals surface area contributed by atoms with Gasteiger partial charge >= 0.3 is 0 Å². The van der Waals surface area contributed by atoms with Crippen molar-refractivity contribution in [3.8, 4) is 0 Å². The highest BCUT2D eigenvalue weighted by atomic mass is 32.2. The maximum absolute atomic E-state index is 13.1. The number of thioether (sulfide) groups is 1. The molecule has 2 rings (SSSR count). The number of hydrogen-bond donors (Lipinski definition) is 1. The zero-order valence-corrected chi connectivity index (χ0v) is 19.2. The number of carbonyl (C=O) groups is 2. The summed E-state index contributed by atoms with van der Waals surface area (Å²) in [6, 6.07) is 18.1. The summed E-state index contributed by atoms with van der Waals surface area (Å²) >= 11 is 1.68. The van der Waals surface area contributed by atoms with E-state index in [1.54, 1.807) is 16.7 Å². The zero-order valence-electron chi connectivity index (χ0n) is 18.4. The maximum atomic E-state index is 13.1. The number of carbonyl (C=O) groups excluding carboxylic acids is 2. The zero-order chi connectivity index (χ0) is 21.8. The Labute approximate surface area is 185 Å². The normalized spacial score (nSPS) is 11.7. The van der Waals surface area contributed by atoms with Crippen molar-refractivity contribution < 1.29 is 9.59 Å². The third kappa shape index (κ3) is 7.86. The molecule has 0 fully saturated rings. The summed E-state index contributed by atoms with van der Waals surface area (Å²) in [5.41, 5.74) is 2.40. The molecule has 0 aliphatic rings. The Morgan fingerprint density at radius 2 is 1.73 bits per heavy atom. The van der Waals surface area contributed by atoms with Crippen molar-refractivity contribution in [1.29, 1.82) is 0 Å². The monoisotopic (exact) mass is 426 g/mol. The van der Waals surface area contributed by atoms with Gasteiger partial charge in [0.15, 0.2) is 0 Å². The van der Waals surface area contributed by atoms with Gasteiger partial charge in [-0.2, -0.15) is 0 Å². The van der Waals surface area contributed by atoms with Crippen LogP contribution >= 0.6 is 11.8 Å². The first kappa shape index (κ1) is 24.0. The van der Waals surface area contributed by atoms with E-state index in [2.05, 4.69) is 48.6 Å². The van der Waals surface area contributed by atoms with Crippen LogP contribution in [-0.4, -0.2) is 41.6 Å². The average molecular weight is 427 g/mol. The second-order valence-corrected chi connectivity index (χ2v) is 8.62. The molecule has 0 spiro atoms. The smallest absolute Gasteiger partial charge is 0.242 e. The fourth-order valence-corrected chi connectivity index (χ4v) is 4.14. The average Bonchev–Trinajstić information content (AvgIpc) is 2.77. The van der Waals surface area contributed by atoms with E-state index in [9.17, 15) is 9.59 Å².